The number of aromatic nitrogens is 3. The van der Waals surface area contributed by atoms with Gasteiger partial charge in [0, 0.05) is 36.1 Å². The Morgan fingerprint density at radius 1 is 1.06 bits per heavy atom. The fraction of sp³-hybridized carbons (Fsp3) is 0.545. The molecule has 14 heteroatoms. The van der Waals surface area contributed by atoms with Gasteiger partial charge in [0.05, 0.1) is 42.8 Å². The minimum Gasteiger partial charge on any atom is -0.493 e. The van der Waals surface area contributed by atoms with Crippen molar-refractivity contribution in [1.29, 1.82) is 0 Å². The number of rotatable bonds is 11. The number of benzene rings is 1. The van der Waals surface area contributed by atoms with Gasteiger partial charge in [-0.3, -0.25) is 19.8 Å². The minimum atomic E-state index is -4.62. The first-order valence-electron chi connectivity index (χ1n) is 16.2. The van der Waals surface area contributed by atoms with Gasteiger partial charge < -0.3 is 14.4 Å². The number of hydrogen-bond donors (Lipinski definition) is 1. The topological polar surface area (TPSA) is 110 Å². The van der Waals surface area contributed by atoms with Crippen molar-refractivity contribution < 1.29 is 32.2 Å². The fourth-order valence-electron chi connectivity index (χ4n) is 5.92. The van der Waals surface area contributed by atoms with Crippen LogP contribution in [0.15, 0.2) is 30.6 Å². The second kappa shape index (κ2) is 15.4. The molecule has 2 aromatic heterocycles. The molecule has 0 radical (unpaired) electrons. The molecule has 4 heterocycles. The van der Waals surface area contributed by atoms with Crippen LogP contribution in [0.1, 0.15) is 80.2 Å². The predicted octanol–water partition coefficient (Wildman–Crippen LogP) is 6.81. The van der Waals surface area contributed by atoms with Crippen molar-refractivity contribution in [3.05, 3.63) is 46.7 Å². The number of nitrogens with one attached hydrogen (secondary N) is 1. The standard InChI is InChI=1S/C33H41F3N6O4S/c1-4-16-46-26-10-9-23(17-24(26)33(34,35)36)29-27(20-42-13-7-6-8-21(42)3)47-32(39-29)40-30(43)25-18-38-28(19-37-25)41-14-11-22(12-15-41)31(44)45-5-2/h9-10,17-19,21-22H,4-8,11-16,20H2,1-3H3,(H,39,40,43)/t21-/m1/s1. The molecule has 1 atom stereocenters. The monoisotopic (exact) mass is 674 g/mol. The number of ether oxygens (including phenoxy) is 2. The molecule has 0 bridgehead atoms. The molecule has 1 N–H and O–H groups in total. The normalized spacial score (nSPS) is 17.8. The zero-order chi connectivity index (χ0) is 33.6. The molecule has 1 amide bonds. The van der Waals surface area contributed by atoms with E-state index in [-0.39, 0.29) is 35.1 Å². The van der Waals surface area contributed by atoms with Crippen LogP contribution in [0, 0.1) is 5.92 Å². The van der Waals surface area contributed by atoms with Crippen LogP contribution >= 0.6 is 11.3 Å². The molecule has 0 aliphatic carbocycles. The number of piperidine rings is 2. The zero-order valence-corrected chi connectivity index (χ0v) is 27.8. The lowest BCUT2D eigenvalue weighted by Crippen LogP contribution is -2.37. The van der Waals surface area contributed by atoms with Gasteiger partial charge in [-0.1, -0.05) is 24.7 Å². The first kappa shape index (κ1) is 34.6. The Bertz CT molecular complexity index is 1530. The van der Waals surface area contributed by atoms with E-state index in [9.17, 15) is 22.8 Å². The van der Waals surface area contributed by atoms with Crippen LogP contribution in [0.2, 0.25) is 0 Å². The number of esters is 1. The molecule has 254 valence electrons. The number of amides is 1. The number of likely N-dealkylation sites (tertiary alicyclic amines) is 1. The van der Waals surface area contributed by atoms with E-state index in [4.69, 9.17) is 9.47 Å². The molecule has 47 heavy (non-hydrogen) atoms. The Hall–Kier alpha value is -3.78. The predicted molar refractivity (Wildman–Crippen MR) is 174 cm³/mol. The van der Waals surface area contributed by atoms with Gasteiger partial charge in [-0.15, -0.1) is 0 Å². The molecule has 10 nitrogen and oxygen atoms in total. The van der Waals surface area contributed by atoms with Crippen LogP contribution < -0.4 is 15.0 Å². The fourth-order valence-corrected chi connectivity index (χ4v) is 6.92. The van der Waals surface area contributed by atoms with Gasteiger partial charge in [0.25, 0.3) is 5.91 Å². The number of halogens is 3. The first-order valence-corrected chi connectivity index (χ1v) is 17.0. The zero-order valence-electron chi connectivity index (χ0n) is 26.9. The van der Waals surface area contributed by atoms with Crippen molar-refractivity contribution in [1.82, 2.24) is 19.9 Å². The highest BCUT2D eigenvalue weighted by atomic mass is 32.1. The molecule has 2 aliphatic rings. The van der Waals surface area contributed by atoms with Gasteiger partial charge in [0.2, 0.25) is 0 Å². The molecule has 0 spiro atoms. The lowest BCUT2D eigenvalue weighted by atomic mass is 9.97. The molecule has 2 fully saturated rings. The van der Waals surface area contributed by atoms with E-state index in [0.717, 1.165) is 36.8 Å². The Balaban J connectivity index is 1.35. The lowest BCUT2D eigenvalue weighted by molar-refractivity contribution is -0.148. The van der Waals surface area contributed by atoms with Crippen LogP contribution in [0.3, 0.4) is 0 Å². The molecule has 0 saturated carbocycles. The number of hydrogen-bond acceptors (Lipinski definition) is 10. The summed E-state index contributed by atoms with van der Waals surface area (Å²) in [4.78, 5) is 43.7. The van der Waals surface area contributed by atoms with Crippen LogP contribution in [0.4, 0.5) is 24.1 Å². The van der Waals surface area contributed by atoms with Gasteiger partial charge >= 0.3 is 12.1 Å². The summed E-state index contributed by atoms with van der Waals surface area (Å²) in [6.45, 7) is 8.91. The van der Waals surface area contributed by atoms with Crippen molar-refractivity contribution in [2.75, 3.05) is 43.1 Å². The Kier molecular flexibility index (Phi) is 11.3. The summed E-state index contributed by atoms with van der Waals surface area (Å²) in [6, 6.07) is 4.32. The van der Waals surface area contributed by atoms with Crippen LogP contribution in [0.25, 0.3) is 11.3 Å². The maximum atomic E-state index is 14.1. The smallest absolute Gasteiger partial charge is 0.419 e. The molecule has 5 rings (SSSR count). The Labute approximate surface area is 276 Å². The highest BCUT2D eigenvalue weighted by Gasteiger charge is 2.35. The molecule has 2 saturated heterocycles. The summed E-state index contributed by atoms with van der Waals surface area (Å²) in [5.41, 5.74) is -0.0913. The number of nitrogens with zero attached hydrogens (tertiary/aromatic N) is 5. The molecule has 2 aliphatic heterocycles. The molecule has 3 aromatic rings. The van der Waals surface area contributed by atoms with Gasteiger partial charge in [-0.2, -0.15) is 13.2 Å². The van der Waals surface area contributed by atoms with Crippen LogP contribution in [-0.4, -0.2) is 70.6 Å². The maximum absolute atomic E-state index is 14.1. The van der Waals surface area contributed by atoms with Gasteiger partial charge in [0.15, 0.2) is 5.13 Å². The van der Waals surface area contributed by atoms with E-state index < -0.39 is 17.6 Å². The van der Waals surface area contributed by atoms with Crippen molar-refractivity contribution >= 4 is 34.2 Å². The first-order chi connectivity index (χ1) is 22.6. The summed E-state index contributed by atoms with van der Waals surface area (Å²) < 4.78 is 52.8. The lowest BCUT2D eigenvalue weighted by Gasteiger charge is -2.33. The van der Waals surface area contributed by atoms with Crippen molar-refractivity contribution in [3.8, 4) is 17.0 Å². The summed E-state index contributed by atoms with van der Waals surface area (Å²) >= 11 is 1.24. The average molecular weight is 675 g/mol. The molecule has 0 unspecified atom stereocenters. The Morgan fingerprint density at radius 3 is 2.51 bits per heavy atom. The van der Waals surface area contributed by atoms with Gasteiger partial charge in [-0.25, -0.2) is 15.0 Å². The number of thiazole rings is 1. The van der Waals surface area contributed by atoms with Gasteiger partial charge in [-0.05, 0) is 70.7 Å². The van der Waals surface area contributed by atoms with E-state index >= 15 is 0 Å². The third-order valence-corrected chi connectivity index (χ3v) is 9.49. The van der Waals surface area contributed by atoms with Crippen molar-refractivity contribution in [3.63, 3.8) is 0 Å². The second-order valence-electron chi connectivity index (χ2n) is 11.9. The highest BCUT2D eigenvalue weighted by Crippen LogP contribution is 2.41. The highest BCUT2D eigenvalue weighted by molar-refractivity contribution is 7.16. The van der Waals surface area contributed by atoms with E-state index in [1.54, 1.807) is 13.0 Å². The quantitative estimate of drug-likeness (QED) is 0.219. The average Bonchev–Trinajstić information content (AvgIpc) is 3.46. The SMILES string of the molecule is CCCOc1ccc(-c2nc(NC(=O)c3cnc(N4CCC(C(=O)OCC)CC4)cn3)sc2CN2CCCC[C@H]2C)cc1C(F)(F)F. The van der Waals surface area contributed by atoms with Gasteiger partial charge in [0.1, 0.15) is 17.3 Å². The number of alkyl halides is 3. The molecule has 1 aromatic carbocycles. The largest absolute Gasteiger partial charge is 0.493 e. The minimum absolute atomic E-state index is 0.0786. The van der Waals surface area contributed by atoms with Crippen LogP contribution in [0.5, 0.6) is 5.75 Å². The van der Waals surface area contributed by atoms with E-state index in [0.29, 0.717) is 68.6 Å². The van der Waals surface area contributed by atoms with E-state index in [2.05, 4.69) is 32.1 Å². The van der Waals surface area contributed by atoms with E-state index in [1.165, 1.54) is 29.8 Å². The summed E-state index contributed by atoms with van der Waals surface area (Å²) in [7, 11) is 0. The van der Waals surface area contributed by atoms with Crippen molar-refractivity contribution in [2.24, 2.45) is 5.92 Å². The number of carbonyl (C=O) groups excluding carboxylic acids is 2. The number of carbonyl (C=O) groups is 2. The summed E-state index contributed by atoms with van der Waals surface area (Å²) in [5, 5.41) is 3.05. The van der Waals surface area contributed by atoms with E-state index in [1.807, 2.05) is 11.8 Å². The molecular weight excluding hydrogens is 633 g/mol. The van der Waals surface area contributed by atoms with Crippen LogP contribution in [-0.2, 0) is 22.3 Å². The molecular formula is C33H41F3N6O4S. The third-order valence-electron chi connectivity index (χ3n) is 8.53. The van der Waals surface area contributed by atoms with Crippen molar-refractivity contribution in [2.45, 2.75) is 78.1 Å². The maximum Gasteiger partial charge on any atom is 0.419 e. The Morgan fingerprint density at radius 2 is 1.85 bits per heavy atom. The summed E-state index contributed by atoms with van der Waals surface area (Å²) in [6.07, 6.45) is 3.38. The third kappa shape index (κ3) is 8.58. The summed E-state index contributed by atoms with van der Waals surface area (Å²) in [5.74, 6) is -0.457. The number of anilines is 2. The second-order valence-corrected chi connectivity index (χ2v) is 13.0.